The Morgan fingerprint density at radius 2 is 1.96 bits per heavy atom. The molecule has 2 aliphatic heterocycles. The van der Waals surface area contributed by atoms with Crippen molar-refractivity contribution < 1.29 is 0 Å². The maximum atomic E-state index is 4.94. The highest BCUT2D eigenvalue weighted by Gasteiger charge is 2.41. The van der Waals surface area contributed by atoms with E-state index < -0.39 is 0 Å². The Bertz CT molecular complexity index is 613. The highest BCUT2D eigenvalue weighted by Crippen LogP contribution is 2.45. The molecule has 1 saturated heterocycles. The molecule has 0 atom stereocenters. The maximum absolute atomic E-state index is 4.94. The van der Waals surface area contributed by atoms with E-state index in [-0.39, 0.29) is 0 Å². The molecular formula is C19H32N6. The Hall–Kier alpha value is -1.59. The smallest absolute Gasteiger partial charge is 0.194 e. The summed E-state index contributed by atoms with van der Waals surface area (Å²) in [5.41, 5.74) is 0.572. The molecule has 1 aromatic heterocycles. The van der Waals surface area contributed by atoms with Crippen molar-refractivity contribution in [3.05, 3.63) is 11.6 Å². The first kappa shape index (κ1) is 16.9. The fourth-order valence-corrected chi connectivity index (χ4v) is 4.88. The molecule has 3 heterocycles. The van der Waals surface area contributed by atoms with E-state index in [1.165, 1.54) is 57.9 Å². The molecule has 1 spiro atoms. The van der Waals surface area contributed by atoms with Crippen LogP contribution < -0.4 is 5.32 Å². The summed E-state index contributed by atoms with van der Waals surface area (Å²) in [5.74, 6) is 3.25. The summed E-state index contributed by atoms with van der Waals surface area (Å²) in [7, 11) is 0. The molecule has 2 fully saturated rings. The average molecular weight is 345 g/mol. The summed E-state index contributed by atoms with van der Waals surface area (Å²) >= 11 is 0. The van der Waals surface area contributed by atoms with Gasteiger partial charge in [0, 0.05) is 32.6 Å². The van der Waals surface area contributed by atoms with Crippen LogP contribution in [0.2, 0.25) is 0 Å². The molecule has 1 saturated carbocycles. The predicted molar refractivity (Wildman–Crippen MR) is 99.5 cm³/mol. The Balaban J connectivity index is 1.47. The average Bonchev–Trinajstić information content (AvgIpc) is 3.31. The highest BCUT2D eigenvalue weighted by molar-refractivity contribution is 5.80. The molecule has 6 nitrogen and oxygen atoms in total. The molecule has 4 rings (SSSR count). The van der Waals surface area contributed by atoms with Gasteiger partial charge in [-0.15, -0.1) is 10.2 Å². The minimum atomic E-state index is 0.572. The van der Waals surface area contributed by atoms with Crippen LogP contribution in [0.5, 0.6) is 0 Å². The van der Waals surface area contributed by atoms with E-state index in [4.69, 9.17) is 4.99 Å². The van der Waals surface area contributed by atoms with Gasteiger partial charge in [0.15, 0.2) is 11.8 Å². The van der Waals surface area contributed by atoms with Crippen molar-refractivity contribution in [3.8, 4) is 0 Å². The molecule has 1 aliphatic carbocycles. The fourth-order valence-electron chi connectivity index (χ4n) is 4.88. The first-order valence-electron chi connectivity index (χ1n) is 10.2. The van der Waals surface area contributed by atoms with Crippen molar-refractivity contribution in [2.45, 2.75) is 77.8 Å². The monoisotopic (exact) mass is 344 g/mol. The maximum Gasteiger partial charge on any atom is 0.194 e. The molecule has 0 radical (unpaired) electrons. The van der Waals surface area contributed by atoms with Crippen LogP contribution in [0.1, 0.15) is 69.9 Å². The Morgan fingerprint density at radius 1 is 1.08 bits per heavy atom. The van der Waals surface area contributed by atoms with Gasteiger partial charge in [-0.05, 0) is 44.4 Å². The number of guanidine groups is 1. The lowest BCUT2D eigenvalue weighted by molar-refractivity contribution is 0.309. The minimum absolute atomic E-state index is 0.572. The third-order valence-corrected chi connectivity index (χ3v) is 6.29. The van der Waals surface area contributed by atoms with Crippen LogP contribution in [0.25, 0.3) is 0 Å². The van der Waals surface area contributed by atoms with E-state index in [1.807, 2.05) is 0 Å². The van der Waals surface area contributed by atoms with Crippen molar-refractivity contribution in [3.63, 3.8) is 0 Å². The van der Waals surface area contributed by atoms with E-state index in [1.54, 1.807) is 0 Å². The zero-order valence-corrected chi connectivity index (χ0v) is 15.6. The van der Waals surface area contributed by atoms with E-state index >= 15 is 0 Å². The van der Waals surface area contributed by atoms with Crippen molar-refractivity contribution in [1.82, 2.24) is 25.0 Å². The van der Waals surface area contributed by atoms with Gasteiger partial charge in [-0.1, -0.05) is 19.3 Å². The molecule has 0 amide bonds. The second kappa shape index (κ2) is 7.34. The number of hydrogen-bond donors (Lipinski definition) is 1. The number of aryl methyl sites for hydroxylation is 1. The summed E-state index contributed by atoms with van der Waals surface area (Å²) in [5, 5.41) is 12.3. The first-order chi connectivity index (χ1) is 12.3. The van der Waals surface area contributed by atoms with Crippen LogP contribution >= 0.6 is 0 Å². The SMILES string of the molecule is CCNC(=NCc1nnc2n1CCCCC2)N1CCC2(CCCC2)C1. The van der Waals surface area contributed by atoms with Gasteiger partial charge in [0.25, 0.3) is 0 Å². The molecule has 138 valence electrons. The summed E-state index contributed by atoms with van der Waals surface area (Å²) in [6, 6.07) is 0. The molecule has 0 bridgehead atoms. The molecule has 0 aromatic carbocycles. The third kappa shape index (κ3) is 3.53. The number of fused-ring (bicyclic) bond motifs is 1. The van der Waals surface area contributed by atoms with Gasteiger partial charge in [-0.2, -0.15) is 0 Å². The number of hydrogen-bond acceptors (Lipinski definition) is 3. The summed E-state index contributed by atoms with van der Waals surface area (Å²) in [6.07, 6.45) is 11.8. The van der Waals surface area contributed by atoms with Crippen LogP contribution in [-0.4, -0.2) is 45.3 Å². The summed E-state index contributed by atoms with van der Waals surface area (Å²) in [4.78, 5) is 7.42. The largest absolute Gasteiger partial charge is 0.357 e. The van der Waals surface area contributed by atoms with Gasteiger partial charge in [0.2, 0.25) is 0 Å². The molecule has 3 aliphatic rings. The van der Waals surface area contributed by atoms with Gasteiger partial charge in [0.1, 0.15) is 12.4 Å². The lowest BCUT2D eigenvalue weighted by Crippen LogP contribution is -2.41. The lowest BCUT2D eigenvalue weighted by Gasteiger charge is -2.25. The molecule has 0 unspecified atom stereocenters. The Labute approximate surface area is 151 Å². The highest BCUT2D eigenvalue weighted by atomic mass is 15.3. The molecule has 6 heteroatoms. The minimum Gasteiger partial charge on any atom is -0.357 e. The van der Waals surface area contributed by atoms with Gasteiger partial charge < -0.3 is 14.8 Å². The van der Waals surface area contributed by atoms with Crippen LogP contribution in [0.15, 0.2) is 4.99 Å². The van der Waals surface area contributed by atoms with Gasteiger partial charge in [-0.25, -0.2) is 4.99 Å². The van der Waals surface area contributed by atoms with E-state index in [9.17, 15) is 0 Å². The number of nitrogens with one attached hydrogen (secondary N) is 1. The molecule has 1 aromatic rings. The van der Waals surface area contributed by atoms with E-state index in [0.717, 1.165) is 43.7 Å². The van der Waals surface area contributed by atoms with Crippen LogP contribution in [-0.2, 0) is 19.5 Å². The van der Waals surface area contributed by atoms with E-state index in [2.05, 4.69) is 31.9 Å². The van der Waals surface area contributed by atoms with Crippen LogP contribution in [0.3, 0.4) is 0 Å². The number of aromatic nitrogens is 3. The summed E-state index contributed by atoms with van der Waals surface area (Å²) in [6.45, 7) is 7.08. The lowest BCUT2D eigenvalue weighted by atomic mass is 9.86. The van der Waals surface area contributed by atoms with Crippen molar-refractivity contribution >= 4 is 5.96 Å². The fraction of sp³-hybridized carbons (Fsp3) is 0.842. The molecular weight excluding hydrogens is 312 g/mol. The zero-order valence-electron chi connectivity index (χ0n) is 15.6. The molecule has 1 N–H and O–H groups in total. The first-order valence-corrected chi connectivity index (χ1v) is 10.2. The quantitative estimate of drug-likeness (QED) is 0.677. The van der Waals surface area contributed by atoms with Crippen LogP contribution in [0.4, 0.5) is 0 Å². The topological polar surface area (TPSA) is 58.3 Å². The zero-order chi connectivity index (χ0) is 17.1. The van der Waals surface area contributed by atoms with Crippen LogP contribution in [0, 0.1) is 5.41 Å². The number of nitrogens with zero attached hydrogens (tertiary/aromatic N) is 5. The molecule has 25 heavy (non-hydrogen) atoms. The van der Waals surface area contributed by atoms with Crippen molar-refractivity contribution in [1.29, 1.82) is 0 Å². The number of rotatable bonds is 3. The van der Waals surface area contributed by atoms with E-state index in [0.29, 0.717) is 12.0 Å². The normalized spacial score (nSPS) is 23.1. The number of aliphatic imine (C=N–C) groups is 1. The summed E-state index contributed by atoms with van der Waals surface area (Å²) < 4.78 is 2.31. The van der Waals surface area contributed by atoms with Gasteiger partial charge in [0.05, 0.1) is 0 Å². The second-order valence-corrected chi connectivity index (χ2v) is 8.04. The van der Waals surface area contributed by atoms with Gasteiger partial charge in [-0.3, -0.25) is 0 Å². The second-order valence-electron chi connectivity index (χ2n) is 8.04. The Morgan fingerprint density at radius 3 is 2.80 bits per heavy atom. The van der Waals surface area contributed by atoms with Gasteiger partial charge >= 0.3 is 0 Å². The van der Waals surface area contributed by atoms with Crippen molar-refractivity contribution in [2.75, 3.05) is 19.6 Å². The Kier molecular flexibility index (Phi) is 4.95. The third-order valence-electron chi connectivity index (χ3n) is 6.29. The number of likely N-dealkylation sites (tertiary alicyclic amines) is 1. The van der Waals surface area contributed by atoms with Crippen molar-refractivity contribution in [2.24, 2.45) is 10.4 Å². The predicted octanol–water partition coefficient (Wildman–Crippen LogP) is 2.74. The standard InChI is InChI=1S/C19H32N6/c1-2-20-18(24-13-11-19(15-24)9-5-6-10-19)21-14-17-23-22-16-8-4-3-7-12-25(16)17/h2-15H2,1H3,(H,20,21).